The standard InChI is InChI=1S/C21H32ClN5O2/c1-24-21(27-7-3-4-16(15-27)12-20(23)28)25-14-19(26-8-10-29-11-9-26)17-5-2-6-18(22)13-17/h2,5-6,13,16,19H,3-4,7-12,14-15H2,1H3,(H2,23,28)(H,24,25). The molecule has 0 radical (unpaired) electrons. The Morgan fingerprint density at radius 3 is 2.86 bits per heavy atom. The number of primary amides is 1. The number of carbonyl (C=O) groups is 1. The van der Waals surface area contributed by atoms with E-state index in [1.54, 1.807) is 0 Å². The van der Waals surface area contributed by atoms with Gasteiger partial charge in [0.15, 0.2) is 5.96 Å². The molecule has 2 saturated heterocycles. The number of carbonyl (C=O) groups excluding carboxylic acids is 1. The number of benzene rings is 1. The third-order valence-electron chi connectivity index (χ3n) is 5.69. The van der Waals surface area contributed by atoms with Gasteiger partial charge in [0.2, 0.25) is 5.91 Å². The number of hydrogen-bond donors (Lipinski definition) is 2. The van der Waals surface area contributed by atoms with Gasteiger partial charge in [0.1, 0.15) is 0 Å². The van der Waals surface area contributed by atoms with Gasteiger partial charge in [0.25, 0.3) is 0 Å². The highest BCUT2D eigenvalue weighted by atomic mass is 35.5. The second kappa shape index (κ2) is 10.8. The summed E-state index contributed by atoms with van der Waals surface area (Å²) in [5.74, 6) is 0.940. The van der Waals surface area contributed by atoms with Gasteiger partial charge in [0.05, 0.1) is 19.3 Å². The van der Waals surface area contributed by atoms with Crippen LogP contribution in [0.3, 0.4) is 0 Å². The summed E-state index contributed by atoms with van der Waals surface area (Å²) in [5.41, 5.74) is 6.59. The summed E-state index contributed by atoms with van der Waals surface area (Å²) in [7, 11) is 1.81. The van der Waals surface area contributed by atoms with Gasteiger partial charge in [-0.1, -0.05) is 23.7 Å². The second-order valence-corrected chi connectivity index (χ2v) is 8.21. The number of likely N-dealkylation sites (tertiary alicyclic amines) is 1. The van der Waals surface area contributed by atoms with Crippen molar-refractivity contribution in [3.8, 4) is 0 Å². The molecule has 2 fully saturated rings. The van der Waals surface area contributed by atoms with E-state index in [1.165, 1.54) is 5.56 Å². The van der Waals surface area contributed by atoms with Crippen LogP contribution in [0.4, 0.5) is 0 Å². The molecule has 2 atom stereocenters. The molecule has 1 amide bonds. The lowest BCUT2D eigenvalue weighted by Gasteiger charge is -2.38. The zero-order valence-electron chi connectivity index (χ0n) is 17.1. The number of nitrogens with two attached hydrogens (primary N) is 1. The van der Waals surface area contributed by atoms with Gasteiger partial charge in [-0.3, -0.25) is 14.7 Å². The molecule has 0 saturated carbocycles. The number of guanidine groups is 1. The van der Waals surface area contributed by atoms with E-state index in [1.807, 2.05) is 25.2 Å². The Morgan fingerprint density at radius 2 is 2.17 bits per heavy atom. The highest BCUT2D eigenvalue weighted by molar-refractivity contribution is 6.30. The minimum absolute atomic E-state index is 0.181. The van der Waals surface area contributed by atoms with Crippen LogP contribution in [-0.2, 0) is 9.53 Å². The number of rotatable bonds is 6. The van der Waals surface area contributed by atoms with E-state index in [9.17, 15) is 4.79 Å². The molecular formula is C21H32ClN5O2. The number of ether oxygens (including phenoxy) is 1. The Bertz CT molecular complexity index is 708. The van der Waals surface area contributed by atoms with Gasteiger partial charge < -0.3 is 20.7 Å². The molecule has 2 unspecified atom stereocenters. The largest absolute Gasteiger partial charge is 0.379 e. The van der Waals surface area contributed by atoms with E-state index in [-0.39, 0.29) is 11.9 Å². The predicted molar refractivity (Wildman–Crippen MR) is 116 cm³/mol. The van der Waals surface area contributed by atoms with Crippen molar-refractivity contribution >= 4 is 23.5 Å². The third-order valence-corrected chi connectivity index (χ3v) is 5.93. The van der Waals surface area contributed by atoms with Crippen LogP contribution in [0.15, 0.2) is 29.3 Å². The SMILES string of the molecule is CN=C(NCC(c1cccc(Cl)c1)N1CCOCC1)N1CCCC(CC(N)=O)C1. The van der Waals surface area contributed by atoms with Gasteiger partial charge in [-0.2, -0.15) is 0 Å². The summed E-state index contributed by atoms with van der Waals surface area (Å²) in [6, 6.07) is 8.25. The number of piperidine rings is 1. The lowest BCUT2D eigenvalue weighted by atomic mass is 9.95. The van der Waals surface area contributed by atoms with Crippen molar-refractivity contribution in [3.63, 3.8) is 0 Å². The Labute approximate surface area is 178 Å². The third kappa shape index (κ3) is 6.32. The van der Waals surface area contributed by atoms with Gasteiger partial charge in [-0.15, -0.1) is 0 Å². The maximum Gasteiger partial charge on any atom is 0.217 e. The molecule has 3 N–H and O–H groups in total. The monoisotopic (exact) mass is 421 g/mol. The molecule has 2 aliphatic heterocycles. The van der Waals surface area contributed by atoms with Crippen molar-refractivity contribution < 1.29 is 9.53 Å². The topological polar surface area (TPSA) is 83.2 Å². The first-order chi connectivity index (χ1) is 14.1. The van der Waals surface area contributed by atoms with Crippen molar-refractivity contribution in [1.82, 2.24) is 15.1 Å². The fraction of sp³-hybridized carbons (Fsp3) is 0.619. The van der Waals surface area contributed by atoms with Crippen molar-refractivity contribution in [1.29, 1.82) is 0 Å². The van der Waals surface area contributed by atoms with E-state index in [0.29, 0.717) is 12.3 Å². The van der Waals surface area contributed by atoms with E-state index in [4.69, 9.17) is 22.1 Å². The van der Waals surface area contributed by atoms with Crippen LogP contribution in [0.25, 0.3) is 0 Å². The molecule has 3 rings (SSSR count). The van der Waals surface area contributed by atoms with Crippen molar-refractivity contribution in [2.45, 2.75) is 25.3 Å². The number of amides is 1. The van der Waals surface area contributed by atoms with E-state index < -0.39 is 0 Å². The van der Waals surface area contributed by atoms with Gasteiger partial charge in [-0.05, 0) is 36.5 Å². The van der Waals surface area contributed by atoms with Crippen LogP contribution in [0.1, 0.15) is 30.9 Å². The smallest absolute Gasteiger partial charge is 0.217 e. The molecule has 1 aromatic carbocycles. The fourth-order valence-corrected chi connectivity index (χ4v) is 4.49. The number of halogens is 1. The fourth-order valence-electron chi connectivity index (χ4n) is 4.29. The number of hydrogen-bond acceptors (Lipinski definition) is 4. The van der Waals surface area contributed by atoms with Crippen LogP contribution in [0.2, 0.25) is 5.02 Å². The van der Waals surface area contributed by atoms with Crippen molar-refractivity contribution in [3.05, 3.63) is 34.9 Å². The summed E-state index contributed by atoms with van der Waals surface area (Å²) in [4.78, 5) is 20.5. The molecule has 29 heavy (non-hydrogen) atoms. The van der Waals surface area contributed by atoms with Gasteiger partial charge in [-0.25, -0.2) is 0 Å². The maximum absolute atomic E-state index is 11.3. The molecule has 2 heterocycles. The molecular weight excluding hydrogens is 390 g/mol. The first kappa shape index (κ1) is 21.9. The Kier molecular flexibility index (Phi) is 8.15. The number of aliphatic imine (C=N–C) groups is 1. The predicted octanol–water partition coefficient (Wildman–Crippen LogP) is 1.88. The summed E-state index contributed by atoms with van der Waals surface area (Å²) >= 11 is 6.26. The molecule has 0 aromatic heterocycles. The summed E-state index contributed by atoms with van der Waals surface area (Å²) in [6.45, 7) is 5.74. The van der Waals surface area contributed by atoms with Gasteiger partial charge >= 0.3 is 0 Å². The first-order valence-corrected chi connectivity index (χ1v) is 10.8. The molecule has 8 heteroatoms. The lowest BCUT2D eigenvalue weighted by Crippen LogP contribution is -2.50. The second-order valence-electron chi connectivity index (χ2n) is 7.77. The quantitative estimate of drug-likeness (QED) is 0.541. The molecule has 2 aliphatic rings. The molecule has 1 aromatic rings. The molecule has 0 bridgehead atoms. The Morgan fingerprint density at radius 1 is 1.38 bits per heavy atom. The average Bonchev–Trinajstić information content (AvgIpc) is 2.72. The Hall–Kier alpha value is -1.83. The number of nitrogens with one attached hydrogen (secondary N) is 1. The van der Waals surface area contributed by atoms with E-state index >= 15 is 0 Å². The zero-order valence-corrected chi connectivity index (χ0v) is 17.9. The molecule has 7 nitrogen and oxygen atoms in total. The van der Waals surface area contributed by atoms with Crippen LogP contribution in [-0.4, -0.2) is 74.7 Å². The van der Waals surface area contributed by atoms with E-state index in [0.717, 1.165) is 69.8 Å². The minimum atomic E-state index is -0.229. The minimum Gasteiger partial charge on any atom is -0.379 e. The summed E-state index contributed by atoms with van der Waals surface area (Å²) in [5, 5.41) is 4.31. The maximum atomic E-state index is 11.3. The van der Waals surface area contributed by atoms with E-state index in [2.05, 4.69) is 26.2 Å². The van der Waals surface area contributed by atoms with Crippen molar-refractivity contribution in [2.75, 3.05) is 53.0 Å². The zero-order chi connectivity index (χ0) is 20.6. The lowest BCUT2D eigenvalue weighted by molar-refractivity contribution is -0.119. The summed E-state index contributed by atoms with van der Waals surface area (Å²) in [6.07, 6.45) is 2.52. The van der Waals surface area contributed by atoms with Crippen LogP contribution in [0.5, 0.6) is 0 Å². The highest BCUT2D eigenvalue weighted by Gasteiger charge is 2.26. The van der Waals surface area contributed by atoms with Crippen LogP contribution in [0, 0.1) is 5.92 Å². The van der Waals surface area contributed by atoms with Gasteiger partial charge in [0, 0.05) is 51.2 Å². The highest BCUT2D eigenvalue weighted by Crippen LogP contribution is 2.24. The average molecular weight is 422 g/mol. The molecule has 0 spiro atoms. The molecule has 160 valence electrons. The Balaban J connectivity index is 1.67. The van der Waals surface area contributed by atoms with Crippen LogP contribution < -0.4 is 11.1 Å². The van der Waals surface area contributed by atoms with Crippen molar-refractivity contribution in [2.24, 2.45) is 16.6 Å². The number of morpholine rings is 1. The summed E-state index contributed by atoms with van der Waals surface area (Å²) < 4.78 is 5.54. The van der Waals surface area contributed by atoms with Crippen LogP contribution >= 0.6 is 11.6 Å². The number of nitrogens with zero attached hydrogens (tertiary/aromatic N) is 3. The first-order valence-electron chi connectivity index (χ1n) is 10.4. The molecule has 0 aliphatic carbocycles. The normalized spacial score (nSPS) is 22.3.